The van der Waals surface area contributed by atoms with Crippen molar-refractivity contribution in [1.29, 1.82) is 0 Å². The van der Waals surface area contributed by atoms with E-state index in [1.165, 1.54) is 25.7 Å². The maximum atomic E-state index is 5.37. The van der Waals surface area contributed by atoms with E-state index in [0.29, 0.717) is 13.5 Å². The zero-order valence-electron chi connectivity index (χ0n) is 10.4. The Bertz CT molecular complexity index is 97.8. The second-order valence-electron chi connectivity index (χ2n) is 3.77. The van der Waals surface area contributed by atoms with Gasteiger partial charge in [-0.1, -0.05) is 39.5 Å². The van der Waals surface area contributed by atoms with Gasteiger partial charge < -0.3 is 9.47 Å². The lowest BCUT2D eigenvalue weighted by molar-refractivity contribution is 0.0567. The molecule has 92 valence electrons. The predicted octanol–water partition coefficient (Wildman–Crippen LogP) is 2.90. The Kier molecular flexibility index (Phi) is 13.8. The normalized spacial score (nSPS) is 10.8. The minimum atomic E-state index is 0.609. The highest BCUT2D eigenvalue weighted by molar-refractivity contribution is 4.37. The molecule has 0 saturated heterocycles. The molecule has 0 amide bonds. The molecule has 0 aliphatic rings. The summed E-state index contributed by atoms with van der Waals surface area (Å²) in [7, 11) is 0. The topological polar surface area (TPSA) is 30.5 Å². The van der Waals surface area contributed by atoms with Crippen molar-refractivity contribution in [3.8, 4) is 0 Å². The smallest absolute Gasteiger partial charge is 0.0982 e. The van der Waals surface area contributed by atoms with Crippen molar-refractivity contribution in [3.63, 3.8) is 0 Å². The van der Waals surface area contributed by atoms with E-state index in [-0.39, 0.29) is 0 Å². The summed E-state index contributed by atoms with van der Waals surface area (Å²) in [4.78, 5) is 0. The van der Waals surface area contributed by atoms with Crippen LogP contribution >= 0.6 is 0 Å². The summed E-state index contributed by atoms with van der Waals surface area (Å²) in [5.41, 5.74) is 0. The van der Waals surface area contributed by atoms with Gasteiger partial charge in [0.2, 0.25) is 0 Å². The first-order valence-corrected chi connectivity index (χ1v) is 6.28. The van der Waals surface area contributed by atoms with Gasteiger partial charge in [0.25, 0.3) is 0 Å². The van der Waals surface area contributed by atoms with Gasteiger partial charge in [0.05, 0.1) is 13.5 Å². The van der Waals surface area contributed by atoms with Crippen molar-refractivity contribution >= 4 is 0 Å². The number of hydrogen-bond acceptors (Lipinski definition) is 3. The first-order chi connectivity index (χ1) is 7.41. The summed E-state index contributed by atoms with van der Waals surface area (Å²) in [6, 6.07) is 0. The third-order valence-electron chi connectivity index (χ3n) is 2.19. The second-order valence-corrected chi connectivity index (χ2v) is 3.77. The average molecular weight is 217 g/mol. The fraction of sp³-hybridized carbons (Fsp3) is 1.00. The van der Waals surface area contributed by atoms with Crippen LogP contribution in [-0.2, 0) is 9.47 Å². The Hall–Kier alpha value is -0.120. The average Bonchev–Trinajstić information content (AvgIpc) is 2.26. The fourth-order valence-corrected chi connectivity index (χ4v) is 1.24. The highest BCUT2D eigenvalue weighted by Crippen LogP contribution is 1.94. The molecule has 0 bridgehead atoms. The Labute approximate surface area is 94.5 Å². The Balaban J connectivity index is 2.81. The van der Waals surface area contributed by atoms with Crippen LogP contribution in [0.3, 0.4) is 0 Å². The first kappa shape index (κ1) is 14.9. The van der Waals surface area contributed by atoms with Gasteiger partial charge in [-0.3, -0.25) is 5.32 Å². The van der Waals surface area contributed by atoms with Crippen LogP contribution in [0, 0.1) is 0 Å². The van der Waals surface area contributed by atoms with Gasteiger partial charge in [-0.15, -0.1) is 0 Å². The third-order valence-corrected chi connectivity index (χ3v) is 2.19. The summed E-state index contributed by atoms with van der Waals surface area (Å²) in [6.45, 7) is 7.33. The molecule has 0 aromatic carbocycles. The molecule has 0 aromatic heterocycles. The number of unbranched alkanes of at least 4 members (excludes halogenated alkanes) is 4. The standard InChI is InChI=1S/C12H27NO2/c1-3-5-7-9-14-11-13-12-15-10-8-6-4-2/h13H,3-12H2,1-2H3. The van der Waals surface area contributed by atoms with Crippen molar-refractivity contribution in [3.05, 3.63) is 0 Å². The van der Waals surface area contributed by atoms with Gasteiger partial charge in [-0.05, 0) is 12.8 Å². The highest BCUT2D eigenvalue weighted by atomic mass is 16.5. The van der Waals surface area contributed by atoms with Crippen LogP contribution in [0.5, 0.6) is 0 Å². The number of ether oxygens (including phenoxy) is 2. The predicted molar refractivity (Wildman–Crippen MR) is 63.8 cm³/mol. The molecule has 1 N–H and O–H groups in total. The molecule has 0 aliphatic heterocycles. The quantitative estimate of drug-likeness (QED) is 0.403. The first-order valence-electron chi connectivity index (χ1n) is 6.28. The van der Waals surface area contributed by atoms with E-state index in [2.05, 4.69) is 19.2 Å². The van der Waals surface area contributed by atoms with Gasteiger partial charge >= 0.3 is 0 Å². The zero-order valence-corrected chi connectivity index (χ0v) is 10.4. The molecule has 3 nitrogen and oxygen atoms in total. The molecule has 0 aliphatic carbocycles. The van der Waals surface area contributed by atoms with Crippen molar-refractivity contribution in [2.75, 3.05) is 26.7 Å². The van der Waals surface area contributed by atoms with E-state index < -0.39 is 0 Å². The number of rotatable bonds is 12. The van der Waals surface area contributed by atoms with E-state index in [0.717, 1.165) is 26.1 Å². The van der Waals surface area contributed by atoms with Crippen molar-refractivity contribution < 1.29 is 9.47 Å². The van der Waals surface area contributed by atoms with Crippen molar-refractivity contribution in [2.45, 2.75) is 52.4 Å². The molecule has 0 atom stereocenters. The van der Waals surface area contributed by atoms with E-state index in [1.54, 1.807) is 0 Å². The maximum absolute atomic E-state index is 5.37. The summed E-state index contributed by atoms with van der Waals surface area (Å²) in [5, 5.41) is 3.09. The maximum Gasteiger partial charge on any atom is 0.0982 e. The molecule has 0 aromatic rings. The van der Waals surface area contributed by atoms with Gasteiger partial charge in [0, 0.05) is 13.2 Å². The van der Waals surface area contributed by atoms with Crippen LogP contribution < -0.4 is 5.32 Å². The summed E-state index contributed by atoms with van der Waals surface area (Å²) in [6.07, 6.45) is 7.33. The SMILES string of the molecule is CCCCCOCNCOCCCCC. The number of hydrogen-bond donors (Lipinski definition) is 1. The second kappa shape index (κ2) is 13.9. The van der Waals surface area contributed by atoms with Gasteiger partial charge in [0.15, 0.2) is 0 Å². The lowest BCUT2D eigenvalue weighted by atomic mass is 10.3. The van der Waals surface area contributed by atoms with Crippen LogP contribution in [0.4, 0.5) is 0 Å². The summed E-state index contributed by atoms with van der Waals surface area (Å²) in [5.74, 6) is 0. The molecule has 0 rings (SSSR count). The Morgan fingerprint density at radius 3 is 1.60 bits per heavy atom. The molecule has 0 fully saturated rings. The van der Waals surface area contributed by atoms with Crippen LogP contribution in [0.1, 0.15) is 52.4 Å². The molecule has 0 heterocycles. The third kappa shape index (κ3) is 13.9. The lowest BCUT2D eigenvalue weighted by Crippen LogP contribution is -2.21. The minimum absolute atomic E-state index is 0.609. The Morgan fingerprint density at radius 1 is 0.733 bits per heavy atom. The number of nitrogens with one attached hydrogen (secondary N) is 1. The Morgan fingerprint density at radius 2 is 1.20 bits per heavy atom. The van der Waals surface area contributed by atoms with Crippen LogP contribution in [0.2, 0.25) is 0 Å². The lowest BCUT2D eigenvalue weighted by Gasteiger charge is -2.06. The molecule has 0 saturated carbocycles. The van der Waals surface area contributed by atoms with E-state index in [9.17, 15) is 0 Å². The zero-order chi connectivity index (χ0) is 11.2. The largest absolute Gasteiger partial charge is 0.366 e. The molecular formula is C12H27NO2. The molecule has 0 radical (unpaired) electrons. The molecule has 3 heteroatoms. The van der Waals surface area contributed by atoms with Crippen molar-refractivity contribution in [2.24, 2.45) is 0 Å². The van der Waals surface area contributed by atoms with E-state index in [4.69, 9.17) is 9.47 Å². The van der Waals surface area contributed by atoms with Gasteiger partial charge in [-0.25, -0.2) is 0 Å². The van der Waals surface area contributed by atoms with Gasteiger partial charge in [-0.2, -0.15) is 0 Å². The van der Waals surface area contributed by atoms with E-state index >= 15 is 0 Å². The monoisotopic (exact) mass is 217 g/mol. The van der Waals surface area contributed by atoms with Gasteiger partial charge in [0.1, 0.15) is 0 Å². The fourth-order valence-electron chi connectivity index (χ4n) is 1.24. The molecule has 15 heavy (non-hydrogen) atoms. The van der Waals surface area contributed by atoms with Crippen LogP contribution in [-0.4, -0.2) is 26.7 Å². The van der Waals surface area contributed by atoms with Crippen LogP contribution in [0.15, 0.2) is 0 Å². The highest BCUT2D eigenvalue weighted by Gasteiger charge is 1.89. The summed E-state index contributed by atoms with van der Waals surface area (Å²) >= 11 is 0. The minimum Gasteiger partial charge on any atom is -0.366 e. The molecule has 0 unspecified atom stereocenters. The summed E-state index contributed by atoms with van der Waals surface area (Å²) < 4.78 is 10.7. The van der Waals surface area contributed by atoms with Crippen molar-refractivity contribution in [1.82, 2.24) is 5.32 Å². The molecular weight excluding hydrogens is 190 g/mol. The van der Waals surface area contributed by atoms with E-state index in [1.807, 2.05) is 0 Å². The van der Waals surface area contributed by atoms with Crippen LogP contribution in [0.25, 0.3) is 0 Å². The molecule has 0 spiro atoms.